The van der Waals surface area contributed by atoms with E-state index in [1.807, 2.05) is 48.5 Å². The first-order valence-corrected chi connectivity index (χ1v) is 19.0. The van der Waals surface area contributed by atoms with Gasteiger partial charge in [-0.05, 0) is 51.7 Å². The topological polar surface area (TPSA) is 81.6 Å². The Labute approximate surface area is 248 Å². The van der Waals surface area contributed by atoms with Crippen molar-refractivity contribution < 1.29 is 17.9 Å². The Hall–Kier alpha value is -4.05. The van der Waals surface area contributed by atoms with E-state index in [-0.39, 0.29) is 17.4 Å². The molecule has 1 aromatic heterocycles. The summed E-state index contributed by atoms with van der Waals surface area (Å²) in [7, 11) is -3.66. The molecule has 0 amide bonds. The number of anilines is 1. The third kappa shape index (κ3) is 6.54. The Bertz CT molecular complexity index is 1780. The van der Waals surface area contributed by atoms with Crippen molar-refractivity contribution in [2.45, 2.75) is 30.6 Å². The number of ether oxygens (including phenoxy) is 2. The van der Waals surface area contributed by atoms with Gasteiger partial charge in [0, 0.05) is 32.5 Å². The number of aromatic nitrogens is 2. The number of hydrogen-bond donors (Lipinski definition) is 0. The quantitative estimate of drug-likeness (QED) is 0.0892. The zero-order valence-corrected chi connectivity index (χ0v) is 26.1. The van der Waals surface area contributed by atoms with Gasteiger partial charge >= 0.3 is 0 Å². The average molecular weight is 598 g/mol. The summed E-state index contributed by atoms with van der Waals surface area (Å²) in [5.41, 5.74) is 4.04. The summed E-state index contributed by atoms with van der Waals surface area (Å²) >= 11 is 0. The monoisotopic (exact) mass is 597 g/mol. The lowest BCUT2D eigenvalue weighted by atomic mass is 9.95. The molecular weight excluding hydrogens is 563 g/mol. The fourth-order valence-corrected chi connectivity index (χ4v) is 6.82. The Morgan fingerprint density at radius 1 is 0.833 bits per heavy atom. The van der Waals surface area contributed by atoms with E-state index in [1.54, 1.807) is 25.3 Å². The molecule has 0 unspecified atom stereocenters. The van der Waals surface area contributed by atoms with Crippen LogP contribution in [0.2, 0.25) is 25.7 Å². The molecule has 42 heavy (non-hydrogen) atoms. The molecule has 0 fully saturated rings. The van der Waals surface area contributed by atoms with Crippen molar-refractivity contribution in [2.24, 2.45) is 0 Å². The highest BCUT2D eigenvalue weighted by atomic mass is 32.2. The van der Waals surface area contributed by atoms with Gasteiger partial charge in [0.2, 0.25) is 0 Å². The number of nitrogens with zero attached hydrogens (tertiary/aromatic N) is 3. The van der Waals surface area contributed by atoms with Crippen LogP contribution in [0.3, 0.4) is 0 Å². The van der Waals surface area contributed by atoms with E-state index in [4.69, 9.17) is 9.47 Å². The van der Waals surface area contributed by atoms with Crippen molar-refractivity contribution >= 4 is 34.7 Å². The molecule has 7 nitrogen and oxygen atoms in total. The zero-order chi connectivity index (χ0) is 29.7. The van der Waals surface area contributed by atoms with Crippen molar-refractivity contribution in [3.63, 3.8) is 0 Å². The van der Waals surface area contributed by atoms with E-state index in [9.17, 15) is 8.42 Å². The predicted molar refractivity (Wildman–Crippen MR) is 172 cm³/mol. The molecule has 9 heteroatoms. The minimum absolute atomic E-state index is 0.132. The highest BCUT2D eigenvalue weighted by molar-refractivity contribution is 7.92. The molecule has 0 atom stereocenters. The van der Waals surface area contributed by atoms with Crippen LogP contribution in [0.5, 0.6) is 5.75 Å². The maximum absolute atomic E-state index is 14.0. The number of fused-ring (bicyclic) bond motifs is 1. The highest BCUT2D eigenvalue weighted by Gasteiger charge is 2.27. The van der Waals surface area contributed by atoms with Crippen LogP contribution in [0.25, 0.3) is 33.0 Å². The van der Waals surface area contributed by atoms with Crippen LogP contribution in [0.4, 0.5) is 5.82 Å². The van der Waals surface area contributed by atoms with Crippen LogP contribution in [0, 0.1) is 0 Å². The molecule has 5 rings (SSSR count). The number of hydrogen-bond acceptors (Lipinski definition) is 6. The van der Waals surface area contributed by atoms with Crippen molar-refractivity contribution in [2.75, 3.05) is 24.8 Å². The van der Waals surface area contributed by atoms with E-state index in [1.165, 1.54) is 16.8 Å². The van der Waals surface area contributed by atoms with Gasteiger partial charge in [-0.15, -0.1) is 0 Å². The second-order valence-corrected chi connectivity index (χ2v) is 18.7. The molecule has 0 spiro atoms. The first kappa shape index (κ1) is 29.4. The van der Waals surface area contributed by atoms with Gasteiger partial charge in [-0.3, -0.25) is 0 Å². The van der Waals surface area contributed by atoms with Gasteiger partial charge in [0.25, 0.3) is 10.0 Å². The second kappa shape index (κ2) is 12.4. The Morgan fingerprint density at radius 3 is 2.36 bits per heavy atom. The van der Waals surface area contributed by atoms with E-state index in [0.29, 0.717) is 6.61 Å². The molecule has 0 aliphatic rings. The van der Waals surface area contributed by atoms with Gasteiger partial charge in [-0.1, -0.05) is 86.4 Å². The van der Waals surface area contributed by atoms with Gasteiger partial charge in [-0.2, -0.15) is 0 Å². The number of benzene rings is 4. The lowest BCUT2D eigenvalue weighted by Gasteiger charge is -2.24. The maximum Gasteiger partial charge on any atom is 0.267 e. The summed E-state index contributed by atoms with van der Waals surface area (Å²) in [5, 5.41) is 1.72. The molecule has 0 saturated carbocycles. The Balaban J connectivity index is 1.50. The van der Waals surface area contributed by atoms with Gasteiger partial charge < -0.3 is 9.47 Å². The third-order valence-corrected chi connectivity index (χ3v) is 10.5. The Kier molecular flexibility index (Phi) is 8.72. The predicted octanol–water partition coefficient (Wildman–Crippen LogP) is 7.48. The molecule has 4 aromatic carbocycles. The van der Waals surface area contributed by atoms with Crippen molar-refractivity contribution in [1.82, 2.24) is 9.97 Å². The summed E-state index contributed by atoms with van der Waals surface area (Å²) in [6.45, 7) is 7.12. The van der Waals surface area contributed by atoms with Crippen LogP contribution >= 0.6 is 0 Å². The van der Waals surface area contributed by atoms with Crippen molar-refractivity contribution in [3.8, 4) is 28.0 Å². The third-order valence-electron chi connectivity index (χ3n) is 7.07. The summed E-state index contributed by atoms with van der Waals surface area (Å²) in [5.74, 6) is 1.00. The summed E-state index contributed by atoms with van der Waals surface area (Å²) in [6.07, 6.45) is 2.86. The molecule has 0 N–H and O–H groups in total. The van der Waals surface area contributed by atoms with E-state index in [2.05, 4.69) is 53.9 Å². The summed E-state index contributed by atoms with van der Waals surface area (Å²) < 4.78 is 40.8. The second-order valence-electron chi connectivity index (χ2n) is 11.2. The van der Waals surface area contributed by atoms with Crippen LogP contribution < -0.4 is 9.04 Å². The molecule has 0 saturated heterocycles. The fraction of sp³-hybridized carbons (Fsp3) is 0.212. The molecule has 1 heterocycles. The minimum atomic E-state index is -3.98. The normalized spacial score (nSPS) is 11.9. The van der Waals surface area contributed by atoms with Gasteiger partial charge in [-0.25, -0.2) is 22.7 Å². The van der Waals surface area contributed by atoms with Crippen molar-refractivity contribution in [1.29, 1.82) is 0 Å². The smallest absolute Gasteiger partial charge is 0.267 e. The van der Waals surface area contributed by atoms with Gasteiger partial charge in [0.1, 0.15) is 24.6 Å². The highest BCUT2D eigenvalue weighted by Crippen LogP contribution is 2.38. The largest absolute Gasteiger partial charge is 0.496 e. The molecule has 5 aromatic rings. The van der Waals surface area contributed by atoms with Crippen LogP contribution in [0.1, 0.15) is 0 Å². The average Bonchev–Trinajstić information content (AvgIpc) is 3.00. The number of methoxy groups -OCH3 is 1. The van der Waals surface area contributed by atoms with Gasteiger partial charge in [0.05, 0.1) is 12.0 Å². The molecule has 0 radical (unpaired) electrons. The minimum Gasteiger partial charge on any atom is -0.496 e. The molecular formula is C33H35N3O4SSi. The lowest BCUT2D eigenvalue weighted by Crippen LogP contribution is -2.34. The maximum atomic E-state index is 14.0. The lowest BCUT2D eigenvalue weighted by molar-refractivity contribution is 0.156. The number of sulfonamides is 1. The van der Waals surface area contributed by atoms with Crippen LogP contribution in [-0.4, -0.2) is 46.9 Å². The van der Waals surface area contributed by atoms with Crippen molar-refractivity contribution in [3.05, 3.63) is 104 Å². The SMILES string of the molecule is COc1cc(-c2ccccc2)ccc1-c1cccc2cc(S(=O)(=O)N(COCC[Si](C)(C)C)c3ccncn3)ccc12. The molecule has 0 aliphatic carbocycles. The first-order chi connectivity index (χ1) is 20.2. The first-order valence-electron chi connectivity index (χ1n) is 13.8. The van der Waals surface area contributed by atoms with Crippen LogP contribution in [0.15, 0.2) is 108 Å². The van der Waals surface area contributed by atoms with Crippen LogP contribution in [-0.2, 0) is 14.8 Å². The summed E-state index contributed by atoms with van der Waals surface area (Å²) in [6, 6.07) is 29.9. The van der Waals surface area contributed by atoms with Gasteiger partial charge in [0.15, 0.2) is 0 Å². The standard InChI is InChI=1S/C33H35N3O4SSi/c1-39-32-22-26(25-9-6-5-7-10-25)13-15-31(32)30-12-8-11-27-21-28(14-16-29(27)30)41(37,38)36(33-17-18-34-23-35-33)24-40-19-20-42(2,3)4/h5-18,21-23H,19-20,24H2,1-4H3. The summed E-state index contributed by atoms with van der Waals surface area (Å²) in [4.78, 5) is 8.32. The zero-order valence-electron chi connectivity index (χ0n) is 24.3. The fourth-order valence-electron chi connectivity index (χ4n) is 4.72. The van der Waals surface area contributed by atoms with E-state index >= 15 is 0 Å². The van der Waals surface area contributed by atoms with E-state index < -0.39 is 18.1 Å². The number of rotatable bonds is 11. The Morgan fingerprint density at radius 2 is 1.64 bits per heavy atom. The van der Waals surface area contributed by atoms with E-state index in [0.717, 1.165) is 44.8 Å². The molecule has 0 bridgehead atoms. The molecule has 216 valence electrons. The molecule has 0 aliphatic heterocycles.